The van der Waals surface area contributed by atoms with Crippen molar-refractivity contribution < 1.29 is 14.7 Å². The average Bonchev–Trinajstić information content (AvgIpc) is 2.77. The molecule has 2 N–H and O–H groups in total. The fraction of sp³-hybridized carbons (Fsp3) is 0.440. The Hall–Kier alpha value is -2.66. The molecule has 5 nitrogen and oxygen atoms in total. The fourth-order valence-corrected chi connectivity index (χ4v) is 3.79. The first-order valence-corrected chi connectivity index (χ1v) is 10.8. The maximum absolute atomic E-state index is 12.5. The lowest BCUT2D eigenvalue weighted by molar-refractivity contribution is -0.132. The van der Waals surface area contributed by atoms with Crippen molar-refractivity contribution >= 4 is 11.8 Å². The minimum Gasteiger partial charge on any atom is -0.387 e. The van der Waals surface area contributed by atoms with E-state index in [0.717, 1.165) is 18.5 Å². The summed E-state index contributed by atoms with van der Waals surface area (Å²) in [4.78, 5) is 26.4. The second-order valence-corrected chi connectivity index (χ2v) is 8.33. The van der Waals surface area contributed by atoms with Gasteiger partial charge in [-0.05, 0) is 41.0 Å². The molecule has 0 radical (unpaired) electrons. The summed E-state index contributed by atoms with van der Waals surface area (Å²) < 4.78 is 0. The Balaban J connectivity index is 1.36. The molecule has 3 rings (SSSR count). The van der Waals surface area contributed by atoms with Gasteiger partial charge in [0.05, 0.1) is 6.10 Å². The highest BCUT2D eigenvalue weighted by molar-refractivity contribution is 5.79. The van der Waals surface area contributed by atoms with Gasteiger partial charge in [-0.1, -0.05) is 62.4 Å². The van der Waals surface area contributed by atoms with Crippen molar-refractivity contribution in [3.05, 3.63) is 70.8 Å². The maximum Gasteiger partial charge on any atom is 0.222 e. The van der Waals surface area contributed by atoms with Gasteiger partial charge < -0.3 is 15.3 Å². The SMILES string of the molecule is CC(C)c1ccc(C(O)CNC(=O)CCCC(=O)N2CCc3ccccc3C2)cc1. The van der Waals surface area contributed by atoms with Gasteiger partial charge in [0.15, 0.2) is 0 Å². The number of benzene rings is 2. The van der Waals surface area contributed by atoms with E-state index in [2.05, 4.69) is 31.3 Å². The highest BCUT2D eigenvalue weighted by Gasteiger charge is 2.20. The molecule has 2 aromatic rings. The van der Waals surface area contributed by atoms with Crippen molar-refractivity contribution in [3.63, 3.8) is 0 Å². The molecule has 160 valence electrons. The summed E-state index contributed by atoms with van der Waals surface area (Å²) in [7, 11) is 0. The third-order valence-electron chi connectivity index (χ3n) is 5.76. The number of fused-ring (bicyclic) bond motifs is 1. The number of aliphatic hydroxyl groups excluding tert-OH is 1. The second kappa shape index (κ2) is 10.4. The van der Waals surface area contributed by atoms with Crippen LogP contribution in [-0.4, -0.2) is 34.9 Å². The molecule has 1 unspecified atom stereocenters. The number of rotatable bonds is 8. The van der Waals surface area contributed by atoms with Crippen LogP contribution in [0.3, 0.4) is 0 Å². The molecule has 1 aliphatic heterocycles. The molecule has 2 amide bonds. The summed E-state index contributed by atoms with van der Waals surface area (Å²) in [5, 5.41) is 13.1. The van der Waals surface area contributed by atoms with Gasteiger partial charge in [0.1, 0.15) is 0 Å². The van der Waals surface area contributed by atoms with Gasteiger partial charge in [-0.15, -0.1) is 0 Å². The Morgan fingerprint density at radius 1 is 1.00 bits per heavy atom. The third-order valence-corrected chi connectivity index (χ3v) is 5.76. The minimum absolute atomic E-state index is 0.0996. The molecule has 1 heterocycles. The number of amides is 2. The van der Waals surface area contributed by atoms with E-state index < -0.39 is 6.10 Å². The van der Waals surface area contributed by atoms with E-state index in [0.29, 0.717) is 25.3 Å². The van der Waals surface area contributed by atoms with Crippen molar-refractivity contribution in [1.29, 1.82) is 0 Å². The van der Waals surface area contributed by atoms with Crippen LogP contribution in [0.2, 0.25) is 0 Å². The van der Waals surface area contributed by atoms with Crippen molar-refractivity contribution in [2.24, 2.45) is 0 Å². The number of aliphatic hydroxyl groups is 1. The predicted molar refractivity (Wildman–Crippen MR) is 118 cm³/mol. The van der Waals surface area contributed by atoms with Gasteiger partial charge in [-0.3, -0.25) is 9.59 Å². The predicted octanol–water partition coefficient (Wildman–Crippen LogP) is 3.71. The third kappa shape index (κ3) is 5.92. The largest absolute Gasteiger partial charge is 0.387 e. The molecule has 30 heavy (non-hydrogen) atoms. The molecule has 0 fully saturated rings. The van der Waals surface area contributed by atoms with E-state index in [1.807, 2.05) is 41.3 Å². The summed E-state index contributed by atoms with van der Waals surface area (Å²) in [6.45, 7) is 5.82. The van der Waals surface area contributed by atoms with Gasteiger partial charge in [-0.2, -0.15) is 0 Å². The van der Waals surface area contributed by atoms with Crippen LogP contribution in [0.1, 0.15) is 67.4 Å². The Morgan fingerprint density at radius 3 is 2.37 bits per heavy atom. The van der Waals surface area contributed by atoms with Gasteiger partial charge >= 0.3 is 0 Å². The summed E-state index contributed by atoms with van der Waals surface area (Å²) in [5.41, 5.74) is 4.54. The molecule has 0 saturated heterocycles. The number of nitrogens with zero attached hydrogens (tertiary/aromatic N) is 1. The summed E-state index contributed by atoms with van der Waals surface area (Å²) in [6, 6.07) is 16.1. The van der Waals surface area contributed by atoms with Crippen LogP contribution in [0.5, 0.6) is 0 Å². The summed E-state index contributed by atoms with van der Waals surface area (Å²) in [6.07, 6.45) is 1.33. The minimum atomic E-state index is -0.731. The topological polar surface area (TPSA) is 69.6 Å². The van der Waals surface area contributed by atoms with Crippen LogP contribution in [0.4, 0.5) is 0 Å². The number of carbonyl (C=O) groups excluding carboxylic acids is 2. The first-order chi connectivity index (χ1) is 14.4. The lowest BCUT2D eigenvalue weighted by Crippen LogP contribution is -2.36. The molecule has 0 aliphatic carbocycles. The molecule has 0 aromatic heterocycles. The molecule has 0 spiro atoms. The van der Waals surface area contributed by atoms with Crippen LogP contribution in [0, 0.1) is 0 Å². The molecular weight excluding hydrogens is 376 g/mol. The van der Waals surface area contributed by atoms with Crippen LogP contribution in [0.25, 0.3) is 0 Å². The van der Waals surface area contributed by atoms with Crippen molar-refractivity contribution in [2.75, 3.05) is 13.1 Å². The van der Waals surface area contributed by atoms with Gasteiger partial charge in [-0.25, -0.2) is 0 Å². The standard InChI is InChI=1S/C25H32N2O3/c1-18(2)19-10-12-21(13-11-19)23(28)16-26-24(29)8-5-9-25(30)27-15-14-20-6-3-4-7-22(20)17-27/h3-4,6-7,10-13,18,23,28H,5,8-9,14-17H2,1-2H3,(H,26,29). The van der Waals surface area contributed by atoms with Crippen molar-refractivity contribution in [1.82, 2.24) is 10.2 Å². The summed E-state index contributed by atoms with van der Waals surface area (Å²) in [5.74, 6) is 0.408. The smallest absolute Gasteiger partial charge is 0.222 e. The lowest BCUT2D eigenvalue weighted by atomic mass is 9.99. The van der Waals surface area contributed by atoms with E-state index in [-0.39, 0.29) is 24.8 Å². The molecule has 0 saturated carbocycles. The monoisotopic (exact) mass is 408 g/mol. The van der Waals surface area contributed by atoms with E-state index in [1.54, 1.807) is 0 Å². The molecule has 1 aliphatic rings. The Morgan fingerprint density at radius 2 is 1.67 bits per heavy atom. The quantitative estimate of drug-likeness (QED) is 0.700. The average molecular weight is 409 g/mol. The number of hydrogen-bond acceptors (Lipinski definition) is 3. The Kier molecular flexibility index (Phi) is 7.63. The van der Waals surface area contributed by atoms with Crippen LogP contribution in [-0.2, 0) is 22.6 Å². The van der Waals surface area contributed by atoms with Gasteiger partial charge in [0, 0.05) is 32.5 Å². The van der Waals surface area contributed by atoms with Gasteiger partial charge in [0.25, 0.3) is 0 Å². The zero-order valence-electron chi connectivity index (χ0n) is 17.9. The van der Waals surface area contributed by atoms with Crippen molar-refractivity contribution in [3.8, 4) is 0 Å². The highest BCUT2D eigenvalue weighted by Crippen LogP contribution is 2.20. The normalized spacial score (nSPS) is 14.3. The van der Waals surface area contributed by atoms with E-state index in [4.69, 9.17) is 0 Å². The first kappa shape index (κ1) is 22.0. The molecule has 1 atom stereocenters. The van der Waals surface area contributed by atoms with Crippen molar-refractivity contribution in [2.45, 2.75) is 58.1 Å². The Bertz CT molecular complexity index is 861. The number of hydrogen-bond donors (Lipinski definition) is 2. The van der Waals surface area contributed by atoms with Crippen LogP contribution < -0.4 is 5.32 Å². The fourth-order valence-electron chi connectivity index (χ4n) is 3.79. The molecule has 5 heteroatoms. The highest BCUT2D eigenvalue weighted by atomic mass is 16.3. The number of carbonyl (C=O) groups is 2. The molecular formula is C25H32N2O3. The van der Waals surface area contributed by atoms with E-state index in [1.165, 1.54) is 16.7 Å². The van der Waals surface area contributed by atoms with Gasteiger partial charge in [0.2, 0.25) is 11.8 Å². The zero-order chi connectivity index (χ0) is 21.5. The zero-order valence-corrected chi connectivity index (χ0v) is 17.9. The molecule has 2 aromatic carbocycles. The Labute approximate surface area is 179 Å². The van der Waals surface area contributed by atoms with E-state index in [9.17, 15) is 14.7 Å². The molecule has 0 bridgehead atoms. The maximum atomic E-state index is 12.5. The second-order valence-electron chi connectivity index (χ2n) is 8.33. The van der Waals surface area contributed by atoms with Crippen LogP contribution >= 0.6 is 0 Å². The first-order valence-electron chi connectivity index (χ1n) is 10.8. The van der Waals surface area contributed by atoms with Crippen LogP contribution in [0.15, 0.2) is 48.5 Å². The lowest BCUT2D eigenvalue weighted by Gasteiger charge is -2.29. The number of nitrogens with one attached hydrogen (secondary N) is 1. The van der Waals surface area contributed by atoms with E-state index >= 15 is 0 Å². The summed E-state index contributed by atoms with van der Waals surface area (Å²) >= 11 is 0.